The standard InChI is InChI=1S/C30H27FN8O/c1-16(2)10-25(40)35-20-11-18(14-34-15-20)21-7-8-23-26(27(21)31)29(39-38-23)30-36-24-12-19(32)5-6-22(28(24)37-30)17-4-3-9-33-13-17/h3-9,11,13-16H,10,12,32H2,1-2H3,(H,35,40)(H,36,37)(H,38,39). The number of imidazole rings is 1. The van der Waals surface area contributed by atoms with E-state index < -0.39 is 5.82 Å². The summed E-state index contributed by atoms with van der Waals surface area (Å²) in [6, 6.07) is 8.96. The normalized spacial score (nSPS) is 13.1. The molecule has 4 heterocycles. The van der Waals surface area contributed by atoms with Gasteiger partial charge in [-0.25, -0.2) is 9.37 Å². The second-order valence-corrected chi connectivity index (χ2v) is 10.2. The van der Waals surface area contributed by atoms with E-state index in [1.54, 1.807) is 43.0 Å². The summed E-state index contributed by atoms with van der Waals surface area (Å²) in [7, 11) is 0. The van der Waals surface area contributed by atoms with Gasteiger partial charge in [0, 0.05) is 65.1 Å². The molecule has 0 saturated carbocycles. The van der Waals surface area contributed by atoms with E-state index in [4.69, 9.17) is 10.7 Å². The lowest BCUT2D eigenvalue weighted by molar-refractivity contribution is -0.116. The topological polar surface area (TPSA) is 138 Å². The highest BCUT2D eigenvalue weighted by atomic mass is 19.1. The van der Waals surface area contributed by atoms with Crippen molar-refractivity contribution >= 4 is 28.1 Å². The van der Waals surface area contributed by atoms with Gasteiger partial charge < -0.3 is 16.0 Å². The number of halogens is 1. The second kappa shape index (κ2) is 10.2. The van der Waals surface area contributed by atoms with Crippen molar-refractivity contribution in [2.24, 2.45) is 11.7 Å². The maximum atomic E-state index is 16.2. The number of amides is 1. The number of hydrogen-bond acceptors (Lipinski definition) is 6. The highest BCUT2D eigenvalue weighted by Gasteiger charge is 2.24. The van der Waals surface area contributed by atoms with Gasteiger partial charge in [-0.15, -0.1) is 0 Å². The van der Waals surface area contributed by atoms with Crippen molar-refractivity contribution in [3.8, 4) is 22.6 Å². The molecule has 5 aromatic rings. The Morgan fingerprint density at radius 2 is 1.95 bits per heavy atom. The quantitative estimate of drug-likeness (QED) is 0.231. The molecule has 0 bridgehead atoms. The second-order valence-electron chi connectivity index (χ2n) is 10.2. The average Bonchev–Trinajstić information content (AvgIpc) is 3.50. The van der Waals surface area contributed by atoms with E-state index >= 15 is 4.39 Å². The Morgan fingerprint density at radius 1 is 1.10 bits per heavy atom. The van der Waals surface area contributed by atoms with E-state index in [0.29, 0.717) is 63.5 Å². The van der Waals surface area contributed by atoms with Gasteiger partial charge in [-0.1, -0.05) is 26.0 Å². The van der Waals surface area contributed by atoms with Crippen LogP contribution in [0.5, 0.6) is 0 Å². The summed E-state index contributed by atoms with van der Waals surface area (Å²) in [4.78, 5) is 28.9. The number of rotatable bonds is 6. The minimum atomic E-state index is -0.470. The maximum absolute atomic E-state index is 16.2. The summed E-state index contributed by atoms with van der Waals surface area (Å²) in [6.45, 7) is 3.94. The molecule has 0 aliphatic heterocycles. The first-order valence-electron chi connectivity index (χ1n) is 13.0. The molecule has 1 aromatic carbocycles. The first-order chi connectivity index (χ1) is 19.4. The molecule has 1 amide bonds. The molecule has 0 spiro atoms. The number of nitrogens with one attached hydrogen (secondary N) is 3. The average molecular weight is 535 g/mol. The van der Waals surface area contributed by atoms with Crippen molar-refractivity contribution in [3.63, 3.8) is 0 Å². The Labute approximate surface area is 229 Å². The van der Waals surface area contributed by atoms with Crippen LogP contribution in [0.15, 0.2) is 73.0 Å². The van der Waals surface area contributed by atoms with Crippen LogP contribution in [0.1, 0.15) is 37.2 Å². The number of carbonyl (C=O) groups is 1. The lowest BCUT2D eigenvalue weighted by Gasteiger charge is -2.09. The van der Waals surface area contributed by atoms with Crippen LogP contribution >= 0.6 is 0 Å². The molecule has 10 heteroatoms. The fraction of sp³-hybridized carbons (Fsp3) is 0.167. The zero-order valence-corrected chi connectivity index (χ0v) is 22.0. The number of H-pyrrole nitrogens is 2. The first kappa shape index (κ1) is 25.2. The van der Waals surface area contributed by atoms with E-state index in [-0.39, 0.29) is 11.8 Å². The van der Waals surface area contributed by atoms with Gasteiger partial charge in [0.05, 0.1) is 28.5 Å². The zero-order chi connectivity index (χ0) is 27.8. The third-order valence-corrected chi connectivity index (χ3v) is 6.67. The highest BCUT2D eigenvalue weighted by Crippen LogP contribution is 2.36. The van der Waals surface area contributed by atoms with Gasteiger partial charge in [-0.05, 0) is 36.3 Å². The summed E-state index contributed by atoms with van der Waals surface area (Å²) < 4.78 is 16.2. The fourth-order valence-electron chi connectivity index (χ4n) is 4.87. The molecule has 6 rings (SSSR count). The molecule has 1 aliphatic rings. The third-order valence-electron chi connectivity index (χ3n) is 6.67. The SMILES string of the molecule is CC(C)CC(=O)Nc1cncc(-c2ccc3[nH]nc(-c4nc5c([nH]4)CC(N)=CC=C5c4cccnc4)c3c2F)c1. The molecule has 1 aliphatic carbocycles. The molecule has 0 atom stereocenters. The largest absolute Gasteiger partial charge is 0.402 e. The van der Waals surface area contributed by atoms with Crippen molar-refractivity contribution in [2.75, 3.05) is 5.32 Å². The van der Waals surface area contributed by atoms with Crippen molar-refractivity contribution in [3.05, 3.63) is 95.7 Å². The number of fused-ring (bicyclic) bond motifs is 2. The smallest absolute Gasteiger partial charge is 0.224 e. The minimum absolute atomic E-state index is 0.116. The number of pyridine rings is 2. The van der Waals surface area contributed by atoms with Gasteiger partial charge in [0.25, 0.3) is 0 Å². The number of carbonyl (C=O) groups excluding carboxylic acids is 1. The fourth-order valence-corrected chi connectivity index (χ4v) is 4.87. The molecule has 0 unspecified atom stereocenters. The van der Waals surface area contributed by atoms with Crippen molar-refractivity contribution in [1.82, 2.24) is 30.1 Å². The minimum Gasteiger partial charge on any atom is -0.402 e. The highest BCUT2D eigenvalue weighted by molar-refractivity contribution is 5.96. The summed E-state index contributed by atoms with van der Waals surface area (Å²) in [5.41, 5.74) is 12.4. The third kappa shape index (κ3) is 4.75. The number of hydrogen-bond donors (Lipinski definition) is 4. The maximum Gasteiger partial charge on any atom is 0.224 e. The summed E-state index contributed by atoms with van der Waals surface area (Å²) in [5.74, 6) is 0.0534. The van der Waals surface area contributed by atoms with Crippen LogP contribution in [0, 0.1) is 11.7 Å². The number of allylic oxidation sites excluding steroid dienone is 3. The van der Waals surface area contributed by atoms with Crippen molar-refractivity contribution < 1.29 is 9.18 Å². The van der Waals surface area contributed by atoms with Crippen molar-refractivity contribution in [1.29, 1.82) is 0 Å². The predicted octanol–water partition coefficient (Wildman–Crippen LogP) is 5.36. The first-order valence-corrected chi connectivity index (χ1v) is 13.0. The van der Waals surface area contributed by atoms with E-state index in [9.17, 15) is 4.79 Å². The molecular weight excluding hydrogens is 507 g/mol. The molecule has 0 radical (unpaired) electrons. The number of nitrogens with zero attached hydrogens (tertiary/aromatic N) is 4. The Kier molecular flexibility index (Phi) is 6.43. The van der Waals surface area contributed by atoms with Crippen LogP contribution in [-0.4, -0.2) is 36.0 Å². The Morgan fingerprint density at radius 3 is 2.75 bits per heavy atom. The molecule has 0 fully saturated rings. The van der Waals surface area contributed by atoms with Crippen LogP contribution in [-0.2, 0) is 11.2 Å². The van der Waals surface area contributed by atoms with Crippen LogP contribution < -0.4 is 11.1 Å². The number of benzene rings is 1. The molecule has 9 nitrogen and oxygen atoms in total. The van der Waals surface area contributed by atoms with Crippen LogP contribution in [0.4, 0.5) is 10.1 Å². The van der Waals surface area contributed by atoms with E-state index in [0.717, 1.165) is 16.8 Å². The van der Waals surface area contributed by atoms with Crippen LogP contribution in [0.2, 0.25) is 0 Å². The lowest BCUT2D eigenvalue weighted by Crippen LogP contribution is -2.14. The monoisotopic (exact) mass is 534 g/mol. The predicted molar refractivity (Wildman–Crippen MR) is 152 cm³/mol. The molecule has 5 N–H and O–H groups in total. The van der Waals surface area contributed by atoms with Gasteiger partial charge in [0.2, 0.25) is 5.91 Å². The molecule has 200 valence electrons. The number of aromatic amines is 2. The van der Waals surface area contributed by atoms with E-state index in [1.165, 1.54) is 0 Å². The summed E-state index contributed by atoms with van der Waals surface area (Å²) in [5, 5.41) is 10.5. The Balaban J connectivity index is 1.41. The Bertz CT molecular complexity index is 1800. The van der Waals surface area contributed by atoms with Crippen LogP contribution in [0.3, 0.4) is 0 Å². The summed E-state index contributed by atoms with van der Waals surface area (Å²) in [6.07, 6.45) is 11.2. The zero-order valence-electron chi connectivity index (χ0n) is 22.0. The van der Waals surface area contributed by atoms with Gasteiger partial charge in [-0.3, -0.25) is 19.9 Å². The van der Waals surface area contributed by atoms with Crippen molar-refractivity contribution in [2.45, 2.75) is 26.7 Å². The van der Waals surface area contributed by atoms with Gasteiger partial charge >= 0.3 is 0 Å². The van der Waals surface area contributed by atoms with Crippen LogP contribution in [0.25, 0.3) is 39.1 Å². The van der Waals surface area contributed by atoms with E-state index in [2.05, 4.69) is 30.5 Å². The number of aromatic nitrogens is 6. The molecular formula is C30H27FN8O. The van der Waals surface area contributed by atoms with Gasteiger partial charge in [0.1, 0.15) is 11.5 Å². The van der Waals surface area contributed by atoms with Gasteiger partial charge in [0.15, 0.2) is 5.82 Å². The lowest BCUT2D eigenvalue weighted by atomic mass is 10.0. The molecule has 40 heavy (non-hydrogen) atoms. The number of anilines is 1. The number of nitrogens with two attached hydrogens (primary N) is 1. The molecule has 4 aromatic heterocycles. The van der Waals surface area contributed by atoms with E-state index in [1.807, 2.05) is 38.1 Å². The Hall–Kier alpha value is -5.12. The van der Waals surface area contributed by atoms with Gasteiger partial charge in [-0.2, -0.15) is 5.10 Å². The summed E-state index contributed by atoms with van der Waals surface area (Å²) >= 11 is 0. The molecule has 0 saturated heterocycles.